The molecule has 0 saturated carbocycles. The van der Waals surface area contributed by atoms with Crippen LogP contribution in [0, 0.1) is 0 Å². The Kier molecular flexibility index (Phi) is 8.09. The molecule has 2 aromatic rings. The number of hydrogen-bond acceptors (Lipinski definition) is 5. The van der Waals surface area contributed by atoms with Gasteiger partial charge in [-0.05, 0) is 61.8 Å². The standard InChI is InChI=1S/C23H29N3O4/c1-29-19-8-6-18(7-9-19)21(26-14-2-3-15-26)17-25-23(28)12-13-24-22(27)11-10-20-5-4-16-30-20/h4-11,16,21H,2-3,12-15,17H2,1H3,(H,24,27)(H,25,28)/b11-10+. The van der Waals surface area contributed by atoms with E-state index in [0.717, 1.165) is 24.4 Å². The van der Waals surface area contributed by atoms with Crippen LogP contribution in [-0.2, 0) is 9.59 Å². The van der Waals surface area contributed by atoms with Gasteiger partial charge in [-0.2, -0.15) is 0 Å². The number of ether oxygens (including phenoxy) is 1. The van der Waals surface area contributed by atoms with Gasteiger partial charge in [0.05, 0.1) is 19.4 Å². The van der Waals surface area contributed by atoms with Crippen LogP contribution >= 0.6 is 0 Å². The first-order valence-corrected chi connectivity index (χ1v) is 10.3. The molecule has 2 N–H and O–H groups in total. The Morgan fingerprint density at radius 3 is 2.60 bits per heavy atom. The van der Waals surface area contributed by atoms with E-state index in [0.29, 0.717) is 12.3 Å². The van der Waals surface area contributed by atoms with Crippen LogP contribution in [-0.4, -0.2) is 50.0 Å². The molecule has 1 fully saturated rings. The average molecular weight is 412 g/mol. The van der Waals surface area contributed by atoms with Crippen LogP contribution in [0.4, 0.5) is 0 Å². The van der Waals surface area contributed by atoms with Crippen molar-refractivity contribution in [3.63, 3.8) is 0 Å². The Labute approximate surface area is 177 Å². The van der Waals surface area contributed by atoms with Crippen molar-refractivity contribution in [1.82, 2.24) is 15.5 Å². The number of carbonyl (C=O) groups is 2. The lowest BCUT2D eigenvalue weighted by Crippen LogP contribution is -2.38. The fourth-order valence-corrected chi connectivity index (χ4v) is 3.54. The topological polar surface area (TPSA) is 83.8 Å². The third-order valence-electron chi connectivity index (χ3n) is 5.17. The summed E-state index contributed by atoms with van der Waals surface area (Å²) in [5.41, 5.74) is 1.16. The number of rotatable bonds is 10. The molecular formula is C23H29N3O4. The third kappa shape index (κ3) is 6.49. The maximum absolute atomic E-state index is 12.3. The number of likely N-dealkylation sites (tertiary alicyclic amines) is 1. The van der Waals surface area contributed by atoms with Gasteiger partial charge in [-0.25, -0.2) is 0 Å². The van der Waals surface area contributed by atoms with E-state index in [4.69, 9.17) is 9.15 Å². The van der Waals surface area contributed by atoms with Gasteiger partial charge in [-0.15, -0.1) is 0 Å². The maximum atomic E-state index is 12.3. The number of furan rings is 1. The number of methoxy groups -OCH3 is 1. The van der Waals surface area contributed by atoms with Crippen LogP contribution in [0.3, 0.4) is 0 Å². The van der Waals surface area contributed by atoms with E-state index >= 15 is 0 Å². The van der Waals surface area contributed by atoms with Gasteiger partial charge in [0.1, 0.15) is 11.5 Å². The maximum Gasteiger partial charge on any atom is 0.244 e. The Morgan fingerprint density at radius 1 is 1.17 bits per heavy atom. The SMILES string of the molecule is COc1ccc(C(CNC(=O)CCNC(=O)/C=C/c2ccco2)N2CCCC2)cc1. The van der Waals surface area contributed by atoms with Crippen molar-refractivity contribution in [2.75, 3.05) is 33.3 Å². The van der Waals surface area contributed by atoms with Gasteiger partial charge in [0.15, 0.2) is 0 Å². The van der Waals surface area contributed by atoms with E-state index in [2.05, 4.69) is 27.7 Å². The van der Waals surface area contributed by atoms with Gasteiger partial charge in [0, 0.05) is 25.6 Å². The largest absolute Gasteiger partial charge is 0.497 e. The molecule has 2 amide bonds. The molecule has 7 nitrogen and oxygen atoms in total. The highest BCUT2D eigenvalue weighted by Gasteiger charge is 2.24. The molecule has 30 heavy (non-hydrogen) atoms. The summed E-state index contributed by atoms with van der Waals surface area (Å²) in [5.74, 6) is 1.09. The average Bonchev–Trinajstić information content (AvgIpc) is 3.47. The second-order valence-corrected chi connectivity index (χ2v) is 7.23. The molecule has 1 saturated heterocycles. The number of carbonyl (C=O) groups excluding carboxylic acids is 2. The minimum absolute atomic E-state index is 0.0805. The van der Waals surface area contributed by atoms with E-state index in [1.807, 2.05) is 12.1 Å². The molecule has 1 atom stereocenters. The van der Waals surface area contributed by atoms with Crippen molar-refractivity contribution in [3.8, 4) is 5.75 Å². The molecule has 1 aromatic heterocycles. The van der Waals surface area contributed by atoms with Crippen LogP contribution in [0.15, 0.2) is 53.2 Å². The summed E-state index contributed by atoms with van der Waals surface area (Å²) in [4.78, 5) is 26.5. The molecule has 2 heterocycles. The number of benzene rings is 1. The van der Waals surface area contributed by atoms with Gasteiger partial charge in [0.25, 0.3) is 0 Å². The van der Waals surface area contributed by atoms with Crippen molar-refractivity contribution in [1.29, 1.82) is 0 Å². The third-order valence-corrected chi connectivity index (χ3v) is 5.17. The summed E-state index contributed by atoms with van der Waals surface area (Å²) >= 11 is 0. The minimum Gasteiger partial charge on any atom is -0.497 e. The summed E-state index contributed by atoms with van der Waals surface area (Å²) in [6.07, 6.45) is 7.12. The first-order chi connectivity index (χ1) is 14.7. The van der Waals surface area contributed by atoms with E-state index < -0.39 is 0 Å². The van der Waals surface area contributed by atoms with E-state index in [9.17, 15) is 9.59 Å². The minimum atomic E-state index is -0.257. The Hall–Kier alpha value is -3.06. The molecule has 7 heteroatoms. The first-order valence-electron chi connectivity index (χ1n) is 10.3. The predicted molar refractivity (Wildman–Crippen MR) is 115 cm³/mol. The zero-order valence-corrected chi connectivity index (χ0v) is 17.3. The van der Waals surface area contributed by atoms with E-state index in [1.165, 1.54) is 18.9 Å². The van der Waals surface area contributed by atoms with Crippen LogP contribution in [0.1, 0.15) is 36.6 Å². The van der Waals surface area contributed by atoms with Gasteiger partial charge in [-0.3, -0.25) is 14.5 Å². The highest BCUT2D eigenvalue weighted by molar-refractivity contribution is 5.91. The number of hydrogen-bond donors (Lipinski definition) is 2. The smallest absolute Gasteiger partial charge is 0.244 e. The molecule has 1 aromatic carbocycles. The first kappa shape index (κ1) is 21.6. The lowest BCUT2D eigenvalue weighted by Gasteiger charge is -2.28. The van der Waals surface area contributed by atoms with Gasteiger partial charge in [0.2, 0.25) is 11.8 Å². The van der Waals surface area contributed by atoms with Crippen molar-refractivity contribution in [3.05, 3.63) is 60.1 Å². The van der Waals surface area contributed by atoms with Crippen molar-refractivity contribution < 1.29 is 18.7 Å². The molecule has 0 bridgehead atoms. The number of nitrogens with one attached hydrogen (secondary N) is 2. The molecule has 0 radical (unpaired) electrons. The lowest BCUT2D eigenvalue weighted by atomic mass is 10.1. The normalized spacial score (nSPS) is 15.2. The van der Waals surface area contributed by atoms with Gasteiger partial charge in [-0.1, -0.05) is 12.1 Å². The summed E-state index contributed by atoms with van der Waals surface area (Å²) < 4.78 is 10.4. The zero-order chi connectivity index (χ0) is 21.2. The van der Waals surface area contributed by atoms with Gasteiger partial charge >= 0.3 is 0 Å². The molecule has 160 valence electrons. The molecule has 1 aliphatic rings. The number of amides is 2. The molecule has 1 aliphatic heterocycles. The second kappa shape index (κ2) is 11.2. The van der Waals surface area contributed by atoms with Crippen molar-refractivity contribution in [2.45, 2.75) is 25.3 Å². The van der Waals surface area contributed by atoms with E-state index in [1.54, 1.807) is 31.6 Å². The Balaban J connectivity index is 1.45. The fraction of sp³-hybridized carbons (Fsp3) is 0.391. The molecule has 3 rings (SSSR count). The van der Waals surface area contributed by atoms with Crippen molar-refractivity contribution >= 4 is 17.9 Å². The zero-order valence-electron chi connectivity index (χ0n) is 17.3. The molecule has 0 spiro atoms. The Bertz CT molecular complexity index is 825. The molecular weight excluding hydrogens is 382 g/mol. The van der Waals surface area contributed by atoms with Crippen LogP contribution in [0.25, 0.3) is 6.08 Å². The highest BCUT2D eigenvalue weighted by Crippen LogP contribution is 2.26. The van der Waals surface area contributed by atoms with Gasteiger partial charge < -0.3 is 19.8 Å². The molecule has 0 aliphatic carbocycles. The quantitative estimate of drug-likeness (QED) is 0.588. The second-order valence-electron chi connectivity index (χ2n) is 7.23. The summed E-state index contributed by atoms with van der Waals surface area (Å²) in [7, 11) is 1.65. The highest BCUT2D eigenvalue weighted by atomic mass is 16.5. The number of nitrogens with zero attached hydrogens (tertiary/aromatic N) is 1. The van der Waals surface area contributed by atoms with Crippen LogP contribution in [0.2, 0.25) is 0 Å². The fourth-order valence-electron chi connectivity index (χ4n) is 3.54. The summed E-state index contributed by atoms with van der Waals surface area (Å²) in [5, 5.41) is 5.73. The van der Waals surface area contributed by atoms with E-state index in [-0.39, 0.29) is 30.8 Å². The summed E-state index contributed by atoms with van der Waals surface area (Å²) in [6.45, 7) is 2.89. The van der Waals surface area contributed by atoms with Crippen LogP contribution < -0.4 is 15.4 Å². The van der Waals surface area contributed by atoms with Crippen molar-refractivity contribution in [2.24, 2.45) is 0 Å². The summed E-state index contributed by atoms with van der Waals surface area (Å²) in [6, 6.07) is 11.7. The Morgan fingerprint density at radius 2 is 1.93 bits per heavy atom. The molecule has 1 unspecified atom stereocenters. The lowest BCUT2D eigenvalue weighted by molar-refractivity contribution is -0.121. The predicted octanol–water partition coefficient (Wildman–Crippen LogP) is 2.76. The monoisotopic (exact) mass is 411 g/mol. The van der Waals surface area contributed by atoms with Crippen LogP contribution in [0.5, 0.6) is 5.75 Å².